The Bertz CT molecular complexity index is 718. The molecule has 3 N–H and O–H groups in total. The summed E-state index contributed by atoms with van der Waals surface area (Å²) in [6, 6.07) is 3.47. The Morgan fingerprint density at radius 2 is 2.38 bits per heavy atom. The number of piperazine rings is 1. The molecule has 0 aromatic carbocycles. The second kappa shape index (κ2) is 7.09. The van der Waals surface area contributed by atoms with Gasteiger partial charge in [-0.2, -0.15) is 4.98 Å². The van der Waals surface area contributed by atoms with Crippen LogP contribution in [0.4, 0.5) is 6.01 Å². The first-order valence-corrected chi connectivity index (χ1v) is 7.47. The molecule has 24 heavy (non-hydrogen) atoms. The lowest BCUT2D eigenvalue weighted by Gasteiger charge is -2.31. The van der Waals surface area contributed by atoms with E-state index in [-0.39, 0.29) is 17.6 Å². The van der Waals surface area contributed by atoms with Crippen LogP contribution in [0.15, 0.2) is 35.2 Å². The number of nitrogens with one attached hydrogen (secondary N) is 2. The first kappa shape index (κ1) is 15.9. The first-order chi connectivity index (χ1) is 11.6. The van der Waals surface area contributed by atoms with Crippen molar-refractivity contribution in [2.24, 2.45) is 0 Å². The SMILES string of the molecule is O=C(O)c1coc(N2CCN[C@H](C(=O)NCc3cccnc3)C2)n1. The molecule has 9 nitrogen and oxygen atoms in total. The number of oxazole rings is 1. The highest BCUT2D eigenvalue weighted by molar-refractivity contribution is 5.85. The number of anilines is 1. The number of nitrogens with zero attached hydrogens (tertiary/aromatic N) is 3. The highest BCUT2D eigenvalue weighted by Crippen LogP contribution is 2.15. The minimum Gasteiger partial charge on any atom is -0.476 e. The summed E-state index contributed by atoms with van der Waals surface area (Å²) in [5.74, 6) is -1.29. The minimum atomic E-state index is -1.15. The number of pyridine rings is 1. The fraction of sp³-hybridized carbons (Fsp3) is 0.333. The summed E-state index contributed by atoms with van der Waals surface area (Å²) in [6.07, 6.45) is 4.46. The summed E-state index contributed by atoms with van der Waals surface area (Å²) in [7, 11) is 0. The van der Waals surface area contributed by atoms with Gasteiger partial charge in [-0.1, -0.05) is 6.07 Å². The van der Waals surface area contributed by atoms with Gasteiger partial charge in [0.25, 0.3) is 6.01 Å². The molecule has 9 heteroatoms. The van der Waals surface area contributed by atoms with E-state index in [0.717, 1.165) is 11.8 Å². The largest absolute Gasteiger partial charge is 0.476 e. The van der Waals surface area contributed by atoms with Gasteiger partial charge >= 0.3 is 5.97 Å². The molecule has 2 aromatic rings. The van der Waals surface area contributed by atoms with Crippen molar-refractivity contribution in [3.8, 4) is 0 Å². The Morgan fingerprint density at radius 3 is 3.08 bits per heavy atom. The van der Waals surface area contributed by atoms with Crippen LogP contribution in [0.1, 0.15) is 16.1 Å². The zero-order valence-electron chi connectivity index (χ0n) is 12.8. The van der Waals surface area contributed by atoms with Crippen molar-refractivity contribution in [2.45, 2.75) is 12.6 Å². The molecule has 0 bridgehead atoms. The van der Waals surface area contributed by atoms with Crippen LogP contribution in [-0.2, 0) is 11.3 Å². The van der Waals surface area contributed by atoms with Crippen molar-refractivity contribution in [3.63, 3.8) is 0 Å². The van der Waals surface area contributed by atoms with Gasteiger partial charge in [-0.15, -0.1) is 0 Å². The number of aromatic nitrogens is 2. The van der Waals surface area contributed by atoms with Crippen molar-refractivity contribution in [2.75, 3.05) is 24.5 Å². The molecule has 0 saturated carbocycles. The Hall–Kier alpha value is -2.94. The number of carboxylic acids is 1. The van der Waals surface area contributed by atoms with Gasteiger partial charge < -0.3 is 25.1 Å². The van der Waals surface area contributed by atoms with E-state index in [2.05, 4.69) is 20.6 Å². The van der Waals surface area contributed by atoms with Gasteiger partial charge in [-0.25, -0.2) is 4.79 Å². The maximum Gasteiger partial charge on any atom is 0.357 e. The first-order valence-electron chi connectivity index (χ1n) is 7.47. The monoisotopic (exact) mass is 331 g/mol. The van der Waals surface area contributed by atoms with Crippen LogP contribution in [0.5, 0.6) is 0 Å². The summed E-state index contributed by atoms with van der Waals surface area (Å²) in [5.41, 5.74) is 0.762. The fourth-order valence-corrected chi connectivity index (χ4v) is 2.42. The molecule has 126 valence electrons. The predicted molar refractivity (Wildman–Crippen MR) is 83.5 cm³/mol. The summed E-state index contributed by atoms with van der Waals surface area (Å²) in [4.78, 5) is 32.8. The van der Waals surface area contributed by atoms with Gasteiger partial charge in [0, 0.05) is 38.6 Å². The van der Waals surface area contributed by atoms with Crippen molar-refractivity contribution < 1.29 is 19.1 Å². The smallest absolute Gasteiger partial charge is 0.357 e. The van der Waals surface area contributed by atoms with Gasteiger partial charge in [0.2, 0.25) is 5.91 Å². The lowest BCUT2D eigenvalue weighted by atomic mass is 10.2. The van der Waals surface area contributed by atoms with Crippen LogP contribution >= 0.6 is 0 Å². The molecule has 1 fully saturated rings. The van der Waals surface area contributed by atoms with Gasteiger partial charge in [0.05, 0.1) is 0 Å². The number of rotatable bonds is 5. The van der Waals surface area contributed by atoms with Gasteiger partial charge in [0.15, 0.2) is 5.69 Å². The second-order valence-corrected chi connectivity index (χ2v) is 5.35. The Kier molecular flexibility index (Phi) is 4.71. The molecule has 2 aromatic heterocycles. The molecule has 0 aliphatic carbocycles. The Morgan fingerprint density at radius 1 is 1.50 bits per heavy atom. The van der Waals surface area contributed by atoms with Gasteiger partial charge in [-0.05, 0) is 11.6 Å². The van der Waals surface area contributed by atoms with Crippen LogP contribution < -0.4 is 15.5 Å². The predicted octanol–water partition coefficient (Wildman–Crippen LogP) is -0.138. The highest BCUT2D eigenvalue weighted by atomic mass is 16.4. The quantitative estimate of drug-likeness (QED) is 0.692. The van der Waals surface area contributed by atoms with E-state index in [4.69, 9.17) is 9.52 Å². The van der Waals surface area contributed by atoms with E-state index in [0.29, 0.717) is 26.2 Å². The number of carbonyl (C=O) groups is 2. The highest BCUT2D eigenvalue weighted by Gasteiger charge is 2.28. The van der Waals surface area contributed by atoms with Crippen LogP contribution in [0.25, 0.3) is 0 Å². The third-order valence-electron chi connectivity index (χ3n) is 3.66. The van der Waals surface area contributed by atoms with Gasteiger partial charge in [0.1, 0.15) is 12.3 Å². The average Bonchev–Trinajstić information content (AvgIpc) is 3.11. The summed E-state index contributed by atoms with van der Waals surface area (Å²) in [6.45, 7) is 1.88. The van der Waals surface area contributed by atoms with Crippen molar-refractivity contribution in [1.29, 1.82) is 0 Å². The topological polar surface area (TPSA) is 121 Å². The standard InChI is InChI=1S/C15H17N5O4/c21-13(18-7-10-2-1-3-16-6-10)11-8-20(5-4-17-11)15-19-12(9-24-15)14(22)23/h1-3,6,9,11,17H,4-5,7-8H2,(H,18,21)(H,22,23)/t11-/m0/s1. The molecule has 1 saturated heterocycles. The molecule has 0 radical (unpaired) electrons. The van der Waals surface area contributed by atoms with Crippen LogP contribution in [0.2, 0.25) is 0 Å². The van der Waals surface area contributed by atoms with E-state index in [1.807, 2.05) is 12.1 Å². The van der Waals surface area contributed by atoms with E-state index >= 15 is 0 Å². The molecule has 0 spiro atoms. The zero-order chi connectivity index (χ0) is 16.9. The molecular formula is C15H17N5O4. The number of carbonyl (C=O) groups excluding carboxylic acids is 1. The van der Waals surface area contributed by atoms with Gasteiger partial charge in [-0.3, -0.25) is 9.78 Å². The van der Waals surface area contributed by atoms with Crippen LogP contribution in [0.3, 0.4) is 0 Å². The second-order valence-electron chi connectivity index (χ2n) is 5.35. The van der Waals surface area contributed by atoms with Crippen molar-refractivity contribution in [1.82, 2.24) is 20.6 Å². The molecule has 0 unspecified atom stereocenters. The van der Waals surface area contributed by atoms with Crippen LogP contribution in [-0.4, -0.2) is 52.6 Å². The maximum absolute atomic E-state index is 12.3. The van der Waals surface area contributed by atoms with E-state index in [9.17, 15) is 9.59 Å². The zero-order valence-corrected chi connectivity index (χ0v) is 12.8. The van der Waals surface area contributed by atoms with E-state index < -0.39 is 12.0 Å². The number of hydrogen-bond acceptors (Lipinski definition) is 7. The van der Waals surface area contributed by atoms with E-state index in [1.54, 1.807) is 17.3 Å². The minimum absolute atomic E-state index is 0.145. The molecule has 1 aliphatic rings. The summed E-state index contributed by atoms with van der Waals surface area (Å²) in [5, 5.41) is 14.9. The third-order valence-corrected chi connectivity index (χ3v) is 3.66. The number of amides is 1. The fourth-order valence-electron chi connectivity index (χ4n) is 2.42. The maximum atomic E-state index is 12.3. The molecule has 3 heterocycles. The molecule has 1 aliphatic heterocycles. The van der Waals surface area contributed by atoms with E-state index in [1.165, 1.54) is 0 Å². The van der Waals surface area contributed by atoms with Crippen LogP contribution in [0, 0.1) is 0 Å². The summed E-state index contributed by atoms with van der Waals surface area (Å²) < 4.78 is 5.19. The Labute approximate surface area is 137 Å². The Balaban J connectivity index is 1.58. The lowest BCUT2D eigenvalue weighted by Crippen LogP contribution is -2.57. The van der Waals surface area contributed by atoms with Crippen molar-refractivity contribution >= 4 is 17.9 Å². The number of hydrogen-bond donors (Lipinski definition) is 3. The molecule has 1 atom stereocenters. The third kappa shape index (κ3) is 3.69. The average molecular weight is 331 g/mol. The van der Waals surface area contributed by atoms with Crippen molar-refractivity contribution in [3.05, 3.63) is 42.0 Å². The molecular weight excluding hydrogens is 314 g/mol. The number of aromatic carboxylic acids is 1. The summed E-state index contributed by atoms with van der Waals surface area (Å²) >= 11 is 0. The molecule has 3 rings (SSSR count). The lowest BCUT2D eigenvalue weighted by molar-refractivity contribution is -0.123. The normalized spacial score (nSPS) is 17.5. The molecule has 1 amide bonds. The number of carboxylic acid groups (broad SMARTS) is 1.